The van der Waals surface area contributed by atoms with Gasteiger partial charge in [-0.3, -0.25) is 4.68 Å². The lowest BCUT2D eigenvalue weighted by molar-refractivity contribution is 0.628. The van der Waals surface area contributed by atoms with Crippen LogP contribution in [0.4, 0.5) is 10.1 Å². The van der Waals surface area contributed by atoms with Crippen LogP contribution in [0.5, 0.6) is 0 Å². The predicted octanol–water partition coefficient (Wildman–Crippen LogP) is 2.66. The maximum atomic E-state index is 12.8. The second-order valence-electron chi connectivity index (χ2n) is 4.59. The molecule has 106 valence electrons. The Labute approximate surface area is 123 Å². The molecule has 6 heteroatoms. The van der Waals surface area contributed by atoms with Crippen molar-refractivity contribution in [3.05, 3.63) is 47.0 Å². The maximum absolute atomic E-state index is 12.8. The fourth-order valence-electron chi connectivity index (χ4n) is 1.95. The molecule has 1 heterocycles. The Morgan fingerprint density at radius 1 is 1.30 bits per heavy atom. The van der Waals surface area contributed by atoms with Gasteiger partial charge in [0.15, 0.2) is 5.11 Å². The van der Waals surface area contributed by atoms with E-state index >= 15 is 0 Å². The molecule has 0 bridgehead atoms. The van der Waals surface area contributed by atoms with Crippen molar-refractivity contribution in [2.24, 2.45) is 7.05 Å². The number of nitrogens with zero attached hydrogens (tertiary/aromatic N) is 2. The van der Waals surface area contributed by atoms with Crippen molar-refractivity contribution >= 4 is 23.0 Å². The van der Waals surface area contributed by atoms with Crippen LogP contribution in [0.15, 0.2) is 24.3 Å². The average Bonchev–Trinajstić information content (AvgIpc) is 2.64. The van der Waals surface area contributed by atoms with E-state index in [1.165, 1.54) is 12.1 Å². The van der Waals surface area contributed by atoms with Crippen LogP contribution in [0.2, 0.25) is 0 Å². The zero-order valence-corrected chi connectivity index (χ0v) is 12.5. The lowest BCUT2D eigenvalue weighted by Gasteiger charge is -2.10. The summed E-state index contributed by atoms with van der Waals surface area (Å²) < 4.78 is 14.6. The van der Waals surface area contributed by atoms with Gasteiger partial charge in [0.2, 0.25) is 0 Å². The number of nitrogens with one attached hydrogen (secondary N) is 2. The van der Waals surface area contributed by atoms with Crippen molar-refractivity contribution in [2.45, 2.75) is 20.4 Å². The van der Waals surface area contributed by atoms with Gasteiger partial charge in [0, 0.05) is 30.5 Å². The minimum Gasteiger partial charge on any atom is -0.358 e. The fourth-order valence-corrected chi connectivity index (χ4v) is 2.14. The molecule has 0 saturated carbocycles. The molecule has 0 unspecified atom stereocenters. The smallest absolute Gasteiger partial charge is 0.171 e. The Hall–Kier alpha value is -1.95. The first kappa shape index (κ1) is 14.5. The van der Waals surface area contributed by atoms with Gasteiger partial charge in [-0.1, -0.05) is 0 Å². The maximum Gasteiger partial charge on any atom is 0.171 e. The molecule has 2 aromatic rings. The zero-order chi connectivity index (χ0) is 14.7. The number of thiocarbonyl (C=S) groups is 1. The molecule has 2 N–H and O–H groups in total. The standard InChI is InChI=1S/C14H17FN4S/c1-9-13(10(2)19(3)18-9)8-16-14(20)17-12-6-4-11(15)5-7-12/h4-7H,8H2,1-3H3,(H2,16,17,20). The normalized spacial score (nSPS) is 10.4. The lowest BCUT2D eigenvalue weighted by atomic mass is 10.2. The van der Waals surface area contributed by atoms with Crippen molar-refractivity contribution in [1.29, 1.82) is 0 Å². The zero-order valence-electron chi connectivity index (χ0n) is 11.7. The van der Waals surface area contributed by atoms with Crippen LogP contribution >= 0.6 is 12.2 Å². The largest absolute Gasteiger partial charge is 0.358 e. The summed E-state index contributed by atoms with van der Waals surface area (Å²) in [5.74, 6) is -0.268. The Balaban J connectivity index is 1.94. The number of aromatic nitrogens is 2. The topological polar surface area (TPSA) is 41.9 Å². The second-order valence-corrected chi connectivity index (χ2v) is 5.00. The van der Waals surface area contributed by atoms with Crippen molar-refractivity contribution < 1.29 is 4.39 Å². The first-order valence-electron chi connectivity index (χ1n) is 6.27. The van der Waals surface area contributed by atoms with Gasteiger partial charge in [-0.15, -0.1) is 0 Å². The molecule has 20 heavy (non-hydrogen) atoms. The molecule has 0 aliphatic heterocycles. The summed E-state index contributed by atoms with van der Waals surface area (Å²) >= 11 is 5.22. The summed E-state index contributed by atoms with van der Waals surface area (Å²) in [6.07, 6.45) is 0. The average molecular weight is 292 g/mol. The molecule has 0 aliphatic carbocycles. The quantitative estimate of drug-likeness (QED) is 0.854. The van der Waals surface area contributed by atoms with Gasteiger partial charge in [-0.2, -0.15) is 5.10 Å². The van der Waals surface area contributed by atoms with Crippen LogP contribution in [0.25, 0.3) is 0 Å². The number of hydrogen-bond donors (Lipinski definition) is 2. The molecule has 1 aromatic heterocycles. The molecule has 4 nitrogen and oxygen atoms in total. The third-order valence-electron chi connectivity index (χ3n) is 3.19. The van der Waals surface area contributed by atoms with E-state index in [2.05, 4.69) is 15.7 Å². The third-order valence-corrected chi connectivity index (χ3v) is 3.43. The highest BCUT2D eigenvalue weighted by Crippen LogP contribution is 2.12. The van der Waals surface area contributed by atoms with Crippen LogP contribution in [0, 0.1) is 19.7 Å². The van der Waals surface area contributed by atoms with Gasteiger partial charge in [0.25, 0.3) is 0 Å². The Kier molecular flexibility index (Phi) is 4.34. The summed E-state index contributed by atoms with van der Waals surface area (Å²) in [4.78, 5) is 0. The summed E-state index contributed by atoms with van der Waals surface area (Å²) in [7, 11) is 1.92. The van der Waals surface area contributed by atoms with Gasteiger partial charge in [-0.25, -0.2) is 4.39 Å². The Morgan fingerprint density at radius 3 is 2.50 bits per heavy atom. The van der Waals surface area contributed by atoms with Crippen molar-refractivity contribution in [2.75, 3.05) is 5.32 Å². The van der Waals surface area contributed by atoms with Crippen molar-refractivity contribution in [3.8, 4) is 0 Å². The highest BCUT2D eigenvalue weighted by atomic mass is 32.1. The highest BCUT2D eigenvalue weighted by Gasteiger charge is 2.09. The monoisotopic (exact) mass is 292 g/mol. The molecule has 0 radical (unpaired) electrons. The van der Waals surface area contributed by atoms with Crippen LogP contribution in [-0.4, -0.2) is 14.9 Å². The molecule has 0 amide bonds. The Morgan fingerprint density at radius 2 is 1.95 bits per heavy atom. The van der Waals surface area contributed by atoms with Gasteiger partial charge >= 0.3 is 0 Å². The van der Waals surface area contributed by atoms with Gasteiger partial charge in [0.05, 0.1) is 5.69 Å². The summed E-state index contributed by atoms with van der Waals surface area (Å²) in [6.45, 7) is 4.60. The lowest BCUT2D eigenvalue weighted by Crippen LogP contribution is -2.28. The van der Waals surface area contributed by atoms with E-state index in [-0.39, 0.29) is 5.82 Å². The first-order valence-corrected chi connectivity index (χ1v) is 6.67. The van der Waals surface area contributed by atoms with Crippen molar-refractivity contribution in [3.63, 3.8) is 0 Å². The molecule has 0 spiro atoms. The highest BCUT2D eigenvalue weighted by molar-refractivity contribution is 7.80. The molecule has 0 saturated heterocycles. The Bertz CT molecular complexity index is 619. The van der Waals surface area contributed by atoms with E-state index < -0.39 is 0 Å². The minimum atomic E-state index is -0.268. The van der Waals surface area contributed by atoms with Crippen LogP contribution in [0.3, 0.4) is 0 Å². The van der Waals surface area contributed by atoms with Crippen LogP contribution in [-0.2, 0) is 13.6 Å². The van der Waals surface area contributed by atoms with E-state index in [9.17, 15) is 4.39 Å². The van der Waals surface area contributed by atoms with Crippen LogP contribution < -0.4 is 10.6 Å². The third kappa shape index (κ3) is 3.33. The van der Waals surface area contributed by atoms with Gasteiger partial charge in [0.1, 0.15) is 5.82 Å². The van der Waals surface area contributed by atoms with Gasteiger partial charge < -0.3 is 10.6 Å². The fraction of sp³-hybridized carbons (Fsp3) is 0.286. The van der Waals surface area contributed by atoms with Crippen molar-refractivity contribution in [1.82, 2.24) is 15.1 Å². The van der Waals surface area contributed by atoms with E-state index in [0.717, 1.165) is 22.6 Å². The second kappa shape index (κ2) is 6.00. The first-order chi connectivity index (χ1) is 9.47. The number of halogens is 1. The molecule has 1 aromatic carbocycles. The molecule has 0 atom stereocenters. The SMILES string of the molecule is Cc1nn(C)c(C)c1CNC(=S)Nc1ccc(F)cc1. The number of aryl methyl sites for hydroxylation is 2. The number of rotatable bonds is 3. The summed E-state index contributed by atoms with van der Waals surface area (Å²) in [6, 6.07) is 6.06. The van der Waals surface area contributed by atoms with E-state index in [0.29, 0.717) is 11.7 Å². The molecular formula is C14H17FN4S. The van der Waals surface area contributed by atoms with E-state index in [1.54, 1.807) is 12.1 Å². The molecular weight excluding hydrogens is 275 g/mol. The minimum absolute atomic E-state index is 0.268. The molecule has 0 aliphatic rings. The van der Waals surface area contributed by atoms with Gasteiger partial charge in [-0.05, 0) is 50.3 Å². The summed E-state index contributed by atoms with van der Waals surface area (Å²) in [5.41, 5.74) is 3.99. The number of benzene rings is 1. The number of anilines is 1. The molecule has 2 rings (SSSR count). The van der Waals surface area contributed by atoms with E-state index in [4.69, 9.17) is 12.2 Å². The van der Waals surface area contributed by atoms with E-state index in [1.807, 2.05) is 25.6 Å². The van der Waals surface area contributed by atoms with Crippen LogP contribution in [0.1, 0.15) is 17.0 Å². The summed E-state index contributed by atoms with van der Waals surface area (Å²) in [5, 5.41) is 11.0. The molecule has 0 fully saturated rings. The number of hydrogen-bond acceptors (Lipinski definition) is 2. The predicted molar refractivity (Wildman–Crippen MR) is 82.1 cm³/mol.